The molecular weight excluding hydrogens is 250 g/mol. The summed E-state index contributed by atoms with van der Waals surface area (Å²) in [5, 5.41) is 0. The van der Waals surface area contributed by atoms with Gasteiger partial charge in [0.2, 0.25) is 0 Å². The van der Waals surface area contributed by atoms with Gasteiger partial charge in [-0.3, -0.25) is 9.89 Å². The van der Waals surface area contributed by atoms with Crippen LogP contribution in [0, 0.1) is 5.92 Å². The lowest BCUT2D eigenvalue weighted by Gasteiger charge is -2.44. The number of amides is 2. The minimum Gasteiger partial charge on any atom is -0.320 e. The van der Waals surface area contributed by atoms with Gasteiger partial charge in [0.1, 0.15) is 5.84 Å². The van der Waals surface area contributed by atoms with Crippen LogP contribution >= 0.6 is 0 Å². The number of carbonyl (C=O) groups is 1. The van der Waals surface area contributed by atoms with Crippen molar-refractivity contribution >= 4 is 11.9 Å². The van der Waals surface area contributed by atoms with Crippen LogP contribution in [0.25, 0.3) is 0 Å². The summed E-state index contributed by atoms with van der Waals surface area (Å²) in [5.74, 6) is 1.15. The fraction of sp³-hybridized carbons (Fsp3) is 0.625. The molecule has 2 fully saturated rings. The minimum atomic E-state index is 0.0444. The molecule has 0 radical (unpaired) electrons. The molecule has 1 aliphatic heterocycles. The van der Waals surface area contributed by atoms with Crippen LogP contribution < -0.4 is 0 Å². The van der Waals surface area contributed by atoms with Gasteiger partial charge < -0.3 is 4.90 Å². The molecule has 0 aromatic carbocycles. The van der Waals surface area contributed by atoms with Gasteiger partial charge in [-0.15, -0.1) is 0 Å². The SMILES string of the molecule is CCN=C1[C@@H]2C=C3CCCCC3=C[C@@H]2N(C)C(=O)N1C. The predicted octanol–water partition coefficient (Wildman–Crippen LogP) is 2.83. The number of amidine groups is 1. The van der Waals surface area contributed by atoms with Crippen molar-refractivity contribution in [3.05, 3.63) is 23.3 Å². The summed E-state index contributed by atoms with van der Waals surface area (Å²) in [7, 11) is 3.74. The normalized spacial score (nSPS) is 31.8. The molecule has 0 unspecified atom stereocenters. The molecule has 20 heavy (non-hydrogen) atoms. The molecule has 3 aliphatic rings. The van der Waals surface area contributed by atoms with Gasteiger partial charge in [0.25, 0.3) is 0 Å². The maximum atomic E-state index is 12.3. The van der Waals surface area contributed by atoms with E-state index in [9.17, 15) is 4.79 Å². The number of rotatable bonds is 1. The first-order valence-corrected chi connectivity index (χ1v) is 7.60. The smallest absolute Gasteiger partial charge is 0.320 e. The average Bonchev–Trinajstić information content (AvgIpc) is 2.48. The third-order valence-electron chi connectivity index (χ3n) is 4.67. The zero-order chi connectivity index (χ0) is 14.3. The van der Waals surface area contributed by atoms with Gasteiger partial charge in [0, 0.05) is 20.6 Å². The molecule has 1 saturated heterocycles. The topological polar surface area (TPSA) is 35.9 Å². The quantitative estimate of drug-likeness (QED) is 0.723. The summed E-state index contributed by atoms with van der Waals surface area (Å²) >= 11 is 0. The molecule has 1 saturated carbocycles. The van der Waals surface area contributed by atoms with Crippen LogP contribution in [0.1, 0.15) is 32.6 Å². The highest BCUT2D eigenvalue weighted by molar-refractivity contribution is 6.02. The number of fused-ring (bicyclic) bond motifs is 2. The molecule has 4 nitrogen and oxygen atoms in total. The lowest BCUT2D eigenvalue weighted by atomic mass is 9.78. The van der Waals surface area contributed by atoms with Crippen molar-refractivity contribution in [2.75, 3.05) is 20.6 Å². The largest absolute Gasteiger partial charge is 0.325 e. The zero-order valence-electron chi connectivity index (χ0n) is 12.6. The van der Waals surface area contributed by atoms with Crippen molar-refractivity contribution in [3.63, 3.8) is 0 Å². The highest BCUT2D eigenvalue weighted by Crippen LogP contribution is 2.38. The lowest BCUT2D eigenvalue weighted by Crippen LogP contribution is -2.58. The number of nitrogens with zero attached hydrogens (tertiary/aromatic N) is 3. The van der Waals surface area contributed by atoms with Gasteiger partial charge in [-0.05, 0) is 43.8 Å². The molecule has 0 N–H and O–H groups in total. The third-order valence-corrected chi connectivity index (χ3v) is 4.67. The van der Waals surface area contributed by atoms with Crippen LogP contribution in [0.15, 0.2) is 28.3 Å². The van der Waals surface area contributed by atoms with E-state index in [2.05, 4.69) is 17.1 Å². The van der Waals surface area contributed by atoms with Crippen LogP contribution in [0.3, 0.4) is 0 Å². The number of carbonyl (C=O) groups excluding carboxylic acids is 1. The van der Waals surface area contributed by atoms with Crippen molar-refractivity contribution in [1.29, 1.82) is 0 Å². The Hall–Kier alpha value is -1.58. The second-order valence-corrected chi connectivity index (χ2v) is 5.89. The Bertz CT molecular complexity index is 518. The molecule has 2 aliphatic carbocycles. The molecule has 4 heteroatoms. The number of urea groups is 1. The summed E-state index contributed by atoms with van der Waals surface area (Å²) in [4.78, 5) is 20.5. The Morgan fingerprint density at radius 1 is 1.20 bits per heavy atom. The number of hydrogen-bond donors (Lipinski definition) is 0. The zero-order valence-corrected chi connectivity index (χ0v) is 12.6. The van der Waals surface area contributed by atoms with Crippen molar-refractivity contribution < 1.29 is 4.79 Å². The Balaban J connectivity index is 2.02. The molecule has 0 bridgehead atoms. The van der Waals surface area contributed by atoms with E-state index in [-0.39, 0.29) is 18.0 Å². The summed E-state index contributed by atoms with van der Waals surface area (Å²) in [6.07, 6.45) is 9.57. The van der Waals surface area contributed by atoms with Gasteiger partial charge in [-0.2, -0.15) is 0 Å². The average molecular weight is 273 g/mol. The van der Waals surface area contributed by atoms with E-state index in [0.29, 0.717) is 0 Å². The Morgan fingerprint density at radius 3 is 2.50 bits per heavy atom. The van der Waals surface area contributed by atoms with Gasteiger partial charge in [-0.1, -0.05) is 12.2 Å². The number of likely N-dealkylation sites (N-methyl/N-ethyl adjacent to an activating group) is 1. The van der Waals surface area contributed by atoms with Crippen LogP contribution in [0.5, 0.6) is 0 Å². The Morgan fingerprint density at radius 2 is 1.85 bits per heavy atom. The van der Waals surface area contributed by atoms with Crippen molar-refractivity contribution in [2.45, 2.75) is 38.6 Å². The van der Waals surface area contributed by atoms with Crippen LogP contribution in [-0.2, 0) is 0 Å². The van der Waals surface area contributed by atoms with E-state index >= 15 is 0 Å². The molecule has 0 aromatic rings. The second kappa shape index (κ2) is 5.08. The first kappa shape index (κ1) is 13.4. The maximum Gasteiger partial charge on any atom is 0.325 e. The fourth-order valence-corrected chi connectivity index (χ4v) is 3.60. The first-order chi connectivity index (χ1) is 9.63. The van der Waals surface area contributed by atoms with Gasteiger partial charge in [-0.25, -0.2) is 4.79 Å². The highest BCUT2D eigenvalue weighted by Gasteiger charge is 2.41. The van der Waals surface area contributed by atoms with Crippen molar-refractivity contribution in [3.8, 4) is 0 Å². The van der Waals surface area contributed by atoms with Crippen LogP contribution in [-0.4, -0.2) is 48.3 Å². The van der Waals surface area contributed by atoms with Gasteiger partial charge in [0.15, 0.2) is 0 Å². The summed E-state index contributed by atoms with van der Waals surface area (Å²) in [6.45, 7) is 2.75. The van der Waals surface area contributed by atoms with E-state index in [0.717, 1.165) is 18.8 Å². The maximum absolute atomic E-state index is 12.3. The van der Waals surface area contributed by atoms with Gasteiger partial charge in [0.05, 0.1) is 12.0 Å². The first-order valence-electron chi connectivity index (χ1n) is 7.60. The van der Waals surface area contributed by atoms with E-state index in [1.807, 2.05) is 25.9 Å². The van der Waals surface area contributed by atoms with Crippen LogP contribution in [0.4, 0.5) is 4.79 Å². The van der Waals surface area contributed by atoms with E-state index in [4.69, 9.17) is 0 Å². The second-order valence-electron chi connectivity index (χ2n) is 5.89. The van der Waals surface area contributed by atoms with E-state index in [1.54, 1.807) is 4.90 Å². The lowest BCUT2D eigenvalue weighted by molar-refractivity contribution is 0.162. The summed E-state index contributed by atoms with van der Waals surface area (Å²) in [6, 6.07) is 0.184. The third kappa shape index (κ3) is 1.98. The molecule has 3 rings (SSSR count). The van der Waals surface area contributed by atoms with Crippen molar-refractivity contribution in [1.82, 2.24) is 9.80 Å². The molecule has 2 atom stereocenters. The molecule has 108 valence electrons. The fourth-order valence-electron chi connectivity index (χ4n) is 3.60. The number of aliphatic imine (C=N–C) groups is 1. The van der Waals surface area contributed by atoms with Gasteiger partial charge >= 0.3 is 6.03 Å². The van der Waals surface area contributed by atoms with E-state index < -0.39 is 0 Å². The number of hydrogen-bond acceptors (Lipinski definition) is 2. The summed E-state index contributed by atoms with van der Waals surface area (Å²) in [5.41, 5.74) is 2.94. The summed E-state index contributed by atoms with van der Waals surface area (Å²) < 4.78 is 0. The Kier molecular flexibility index (Phi) is 3.40. The standard InChI is InChI=1S/C16H23N3O/c1-4-17-15-13-9-11-7-5-6-8-12(11)10-14(13)18(2)16(20)19(15)3/h9-10,13-14H,4-8H2,1-3H3/t13-,14+/m1/s1. The monoisotopic (exact) mass is 273 g/mol. The van der Waals surface area contributed by atoms with E-state index in [1.165, 1.54) is 30.4 Å². The molecular formula is C16H23N3O. The minimum absolute atomic E-state index is 0.0444. The predicted molar refractivity (Wildman–Crippen MR) is 80.8 cm³/mol. The molecule has 1 heterocycles. The molecule has 0 spiro atoms. The number of allylic oxidation sites excluding steroid dienone is 2. The highest BCUT2D eigenvalue weighted by atomic mass is 16.2. The Labute approximate surface area is 120 Å². The van der Waals surface area contributed by atoms with Crippen LogP contribution in [0.2, 0.25) is 0 Å². The molecule has 0 aromatic heterocycles. The van der Waals surface area contributed by atoms with Crippen molar-refractivity contribution in [2.24, 2.45) is 10.9 Å². The molecule has 2 amide bonds.